The summed E-state index contributed by atoms with van der Waals surface area (Å²) in [5.74, 6) is 0.117. The van der Waals surface area contributed by atoms with Crippen molar-refractivity contribution in [2.45, 2.75) is 6.92 Å². The van der Waals surface area contributed by atoms with Crippen LogP contribution in [0.25, 0.3) is 0 Å². The van der Waals surface area contributed by atoms with Crippen molar-refractivity contribution in [3.63, 3.8) is 0 Å². The van der Waals surface area contributed by atoms with Crippen molar-refractivity contribution in [3.05, 3.63) is 24.0 Å². The minimum absolute atomic E-state index is 0.178. The van der Waals surface area contributed by atoms with Gasteiger partial charge in [0.15, 0.2) is 0 Å². The molecule has 5 nitrogen and oxygen atoms in total. The van der Waals surface area contributed by atoms with E-state index in [2.05, 4.69) is 10.3 Å². The SMILES string of the molecule is CCS(=O)CCNc1cnccc1C(=O)O. The van der Waals surface area contributed by atoms with Crippen molar-refractivity contribution < 1.29 is 14.1 Å². The fourth-order valence-corrected chi connectivity index (χ4v) is 1.78. The zero-order valence-electron chi connectivity index (χ0n) is 8.97. The summed E-state index contributed by atoms with van der Waals surface area (Å²) in [4.78, 5) is 14.7. The summed E-state index contributed by atoms with van der Waals surface area (Å²) in [6.07, 6.45) is 2.89. The average molecular weight is 242 g/mol. The third kappa shape index (κ3) is 3.62. The van der Waals surface area contributed by atoms with Crippen LogP contribution in [0, 0.1) is 0 Å². The quantitative estimate of drug-likeness (QED) is 0.776. The predicted octanol–water partition coefficient (Wildman–Crippen LogP) is 0.960. The molecule has 0 saturated heterocycles. The number of hydrogen-bond acceptors (Lipinski definition) is 4. The molecule has 1 aromatic rings. The van der Waals surface area contributed by atoms with Crippen LogP contribution in [0.5, 0.6) is 0 Å². The number of hydrogen-bond donors (Lipinski definition) is 2. The van der Waals surface area contributed by atoms with Crippen LogP contribution in [0.3, 0.4) is 0 Å². The molecule has 1 heterocycles. The second-order valence-electron chi connectivity index (χ2n) is 3.09. The zero-order valence-corrected chi connectivity index (χ0v) is 9.79. The van der Waals surface area contributed by atoms with Crippen LogP contribution in [-0.4, -0.2) is 38.3 Å². The van der Waals surface area contributed by atoms with Crippen LogP contribution in [0.2, 0.25) is 0 Å². The smallest absolute Gasteiger partial charge is 0.337 e. The maximum atomic E-state index is 11.2. The Bertz CT molecular complexity index is 395. The standard InChI is InChI=1S/C10H14N2O3S/c1-2-16(15)6-5-12-9-7-11-4-3-8(9)10(13)14/h3-4,7,12H,2,5-6H2,1H3,(H,13,14). The second-order valence-corrected chi connectivity index (χ2v) is 4.95. The number of pyridine rings is 1. The van der Waals surface area contributed by atoms with Gasteiger partial charge in [0.25, 0.3) is 0 Å². The molecule has 1 rings (SSSR count). The van der Waals surface area contributed by atoms with Crippen LogP contribution in [0.1, 0.15) is 17.3 Å². The van der Waals surface area contributed by atoms with Crippen molar-refractivity contribution in [1.82, 2.24) is 4.98 Å². The highest BCUT2D eigenvalue weighted by atomic mass is 32.2. The Balaban J connectivity index is 2.60. The van der Waals surface area contributed by atoms with Gasteiger partial charge in [-0.2, -0.15) is 0 Å². The van der Waals surface area contributed by atoms with Crippen LogP contribution in [0.4, 0.5) is 5.69 Å². The van der Waals surface area contributed by atoms with Crippen molar-refractivity contribution in [3.8, 4) is 0 Å². The van der Waals surface area contributed by atoms with Crippen molar-refractivity contribution >= 4 is 22.5 Å². The molecule has 0 aliphatic rings. The predicted molar refractivity (Wildman–Crippen MR) is 63.2 cm³/mol. The molecule has 0 radical (unpaired) electrons. The number of carboxylic acid groups (broad SMARTS) is 1. The molecule has 2 N–H and O–H groups in total. The molecular formula is C10H14N2O3S. The first-order valence-corrected chi connectivity index (χ1v) is 6.40. The third-order valence-electron chi connectivity index (χ3n) is 2.02. The normalized spacial score (nSPS) is 12.1. The van der Waals surface area contributed by atoms with Crippen LogP contribution in [0.15, 0.2) is 18.5 Å². The molecule has 1 atom stereocenters. The van der Waals surface area contributed by atoms with Crippen LogP contribution >= 0.6 is 0 Å². The fourth-order valence-electron chi connectivity index (χ4n) is 1.17. The van der Waals surface area contributed by atoms with Crippen molar-refractivity contribution in [2.24, 2.45) is 0 Å². The highest BCUT2D eigenvalue weighted by Crippen LogP contribution is 2.12. The van der Waals surface area contributed by atoms with E-state index in [1.165, 1.54) is 18.5 Å². The van der Waals surface area contributed by atoms with E-state index in [9.17, 15) is 9.00 Å². The molecular weight excluding hydrogens is 228 g/mol. The molecule has 0 aliphatic carbocycles. The average Bonchev–Trinajstić information content (AvgIpc) is 2.29. The number of nitrogens with zero attached hydrogens (tertiary/aromatic N) is 1. The van der Waals surface area contributed by atoms with E-state index >= 15 is 0 Å². The number of aromatic carboxylic acids is 1. The van der Waals surface area contributed by atoms with Crippen molar-refractivity contribution in [2.75, 3.05) is 23.4 Å². The van der Waals surface area contributed by atoms with Gasteiger partial charge in [-0.05, 0) is 6.07 Å². The minimum Gasteiger partial charge on any atom is -0.478 e. The number of anilines is 1. The summed E-state index contributed by atoms with van der Waals surface area (Å²) in [5.41, 5.74) is 0.639. The lowest BCUT2D eigenvalue weighted by molar-refractivity contribution is 0.0698. The third-order valence-corrected chi connectivity index (χ3v) is 3.32. The molecule has 0 aliphatic heterocycles. The lowest BCUT2D eigenvalue weighted by Gasteiger charge is -2.07. The summed E-state index contributed by atoms with van der Waals surface area (Å²) >= 11 is 0. The maximum absolute atomic E-state index is 11.2. The summed E-state index contributed by atoms with van der Waals surface area (Å²) < 4.78 is 11.2. The van der Waals surface area contributed by atoms with Gasteiger partial charge in [-0.15, -0.1) is 0 Å². The summed E-state index contributed by atoms with van der Waals surface area (Å²) in [7, 11) is -0.848. The molecule has 0 spiro atoms. The van der Waals surface area contributed by atoms with Gasteiger partial charge in [0, 0.05) is 35.0 Å². The van der Waals surface area contributed by atoms with Crippen molar-refractivity contribution in [1.29, 1.82) is 0 Å². The van der Waals surface area contributed by atoms with Crippen LogP contribution in [-0.2, 0) is 10.8 Å². The molecule has 0 saturated carbocycles. The Hall–Kier alpha value is -1.43. The van der Waals surface area contributed by atoms with E-state index in [0.717, 1.165) is 0 Å². The van der Waals surface area contributed by atoms with Gasteiger partial charge in [-0.25, -0.2) is 4.79 Å². The van der Waals surface area contributed by atoms with Crippen LogP contribution < -0.4 is 5.32 Å². The van der Waals surface area contributed by atoms with Gasteiger partial charge in [0.05, 0.1) is 17.4 Å². The van der Waals surface area contributed by atoms with E-state index in [0.29, 0.717) is 23.7 Å². The zero-order chi connectivity index (χ0) is 12.0. The number of aromatic nitrogens is 1. The topological polar surface area (TPSA) is 79.3 Å². The number of nitrogens with one attached hydrogen (secondary N) is 1. The van der Waals surface area contributed by atoms with Gasteiger partial charge in [-0.1, -0.05) is 6.92 Å². The van der Waals surface area contributed by atoms with E-state index in [-0.39, 0.29) is 5.56 Å². The molecule has 88 valence electrons. The Morgan fingerprint density at radius 1 is 1.62 bits per heavy atom. The molecule has 6 heteroatoms. The molecule has 0 aromatic carbocycles. The van der Waals surface area contributed by atoms with Gasteiger partial charge >= 0.3 is 5.97 Å². The van der Waals surface area contributed by atoms with E-state index in [4.69, 9.17) is 5.11 Å². The van der Waals surface area contributed by atoms with Gasteiger partial charge in [-0.3, -0.25) is 9.19 Å². The lowest BCUT2D eigenvalue weighted by atomic mass is 10.2. The van der Waals surface area contributed by atoms with Gasteiger partial charge in [0.1, 0.15) is 0 Å². The first-order valence-electron chi connectivity index (χ1n) is 4.91. The Kier molecular flexibility index (Phi) is 4.91. The maximum Gasteiger partial charge on any atom is 0.337 e. The molecule has 16 heavy (non-hydrogen) atoms. The molecule has 0 fully saturated rings. The molecule has 0 amide bonds. The number of carbonyl (C=O) groups is 1. The molecule has 0 bridgehead atoms. The fraction of sp³-hybridized carbons (Fsp3) is 0.400. The Morgan fingerprint density at radius 2 is 2.38 bits per heavy atom. The first kappa shape index (κ1) is 12.6. The van der Waals surface area contributed by atoms with Gasteiger partial charge < -0.3 is 10.4 Å². The van der Waals surface area contributed by atoms with E-state index in [1.807, 2.05) is 6.92 Å². The summed E-state index contributed by atoms with van der Waals surface area (Å²) in [6.45, 7) is 2.33. The molecule has 1 aromatic heterocycles. The van der Waals surface area contributed by atoms with E-state index < -0.39 is 16.8 Å². The first-order chi connectivity index (χ1) is 7.65. The largest absolute Gasteiger partial charge is 0.478 e. The highest BCUT2D eigenvalue weighted by molar-refractivity contribution is 7.84. The monoisotopic (exact) mass is 242 g/mol. The van der Waals surface area contributed by atoms with Gasteiger partial charge in [0.2, 0.25) is 0 Å². The number of rotatable bonds is 6. The Morgan fingerprint density at radius 3 is 3.00 bits per heavy atom. The summed E-state index contributed by atoms with van der Waals surface area (Å²) in [5, 5.41) is 11.8. The summed E-state index contributed by atoms with van der Waals surface area (Å²) in [6, 6.07) is 1.43. The molecule has 1 unspecified atom stereocenters. The highest BCUT2D eigenvalue weighted by Gasteiger charge is 2.08. The lowest BCUT2D eigenvalue weighted by Crippen LogP contribution is -2.14. The second kappa shape index (κ2) is 6.22. The van der Waals surface area contributed by atoms with E-state index in [1.54, 1.807) is 0 Å². The number of carboxylic acids is 1. The Labute approximate surface area is 96.4 Å². The minimum atomic E-state index is -0.999.